The van der Waals surface area contributed by atoms with E-state index in [4.69, 9.17) is 4.74 Å². The summed E-state index contributed by atoms with van der Waals surface area (Å²) >= 11 is 0. The molecule has 2 unspecified atom stereocenters. The van der Waals surface area contributed by atoms with E-state index < -0.39 is 11.6 Å². The fraction of sp³-hybridized carbons (Fsp3) is 0.571. The fourth-order valence-corrected chi connectivity index (χ4v) is 2.10. The predicted molar refractivity (Wildman–Crippen MR) is 66.3 cm³/mol. The second-order valence-corrected chi connectivity index (χ2v) is 5.38. The van der Waals surface area contributed by atoms with Gasteiger partial charge in [0, 0.05) is 13.1 Å². The second kappa shape index (κ2) is 4.94. The number of rotatable bonds is 2. The van der Waals surface area contributed by atoms with Gasteiger partial charge in [-0.3, -0.25) is 0 Å². The molecule has 2 nitrogen and oxygen atoms in total. The zero-order valence-corrected chi connectivity index (χ0v) is 11.0. The maximum atomic E-state index is 13.2. The number of nitrogens with one attached hydrogen (secondary N) is 1. The summed E-state index contributed by atoms with van der Waals surface area (Å²) < 4.78 is 32.2. The molecule has 100 valence electrons. The van der Waals surface area contributed by atoms with E-state index in [-0.39, 0.29) is 11.7 Å². The highest BCUT2D eigenvalue weighted by molar-refractivity contribution is 5.21. The SMILES string of the molecule is CC(C)C1(C)CNCC(c2ccc(F)c(F)c2)O1. The molecule has 0 aromatic heterocycles. The van der Waals surface area contributed by atoms with Crippen molar-refractivity contribution in [2.45, 2.75) is 32.5 Å². The lowest BCUT2D eigenvalue weighted by atomic mass is 9.90. The van der Waals surface area contributed by atoms with Crippen LogP contribution >= 0.6 is 0 Å². The van der Waals surface area contributed by atoms with E-state index in [9.17, 15) is 8.78 Å². The minimum Gasteiger partial charge on any atom is -0.364 e. The van der Waals surface area contributed by atoms with E-state index in [2.05, 4.69) is 19.2 Å². The summed E-state index contributed by atoms with van der Waals surface area (Å²) in [6, 6.07) is 3.94. The molecular weight excluding hydrogens is 236 g/mol. The van der Waals surface area contributed by atoms with Gasteiger partial charge in [0.1, 0.15) is 0 Å². The van der Waals surface area contributed by atoms with Gasteiger partial charge in [0.2, 0.25) is 0 Å². The van der Waals surface area contributed by atoms with E-state index >= 15 is 0 Å². The van der Waals surface area contributed by atoms with Gasteiger partial charge in [-0.15, -0.1) is 0 Å². The molecule has 1 heterocycles. The summed E-state index contributed by atoms with van der Waals surface area (Å²) in [5, 5.41) is 3.30. The number of hydrogen-bond donors (Lipinski definition) is 1. The van der Waals surface area contributed by atoms with Gasteiger partial charge in [-0.05, 0) is 30.5 Å². The Hall–Kier alpha value is -1.00. The number of halogens is 2. The summed E-state index contributed by atoms with van der Waals surface area (Å²) in [6.07, 6.45) is -0.235. The van der Waals surface area contributed by atoms with Crippen molar-refractivity contribution in [2.24, 2.45) is 5.92 Å². The van der Waals surface area contributed by atoms with E-state index in [1.54, 1.807) is 6.07 Å². The Bertz CT molecular complexity index is 436. The van der Waals surface area contributed by atoms with Gasteiger partial charge in [-0.25, -0.2) is 8.78 Å². The van der Waals surface area contributed by atoms with Crippen molar-refractivity contribution in [1.82, 2.24) is 5.32 Å². The van der Waals surface area contributed by atoms with Crippen LogP contribution in [0.25, 0.3) is 0 Å². The van der Waals surface area contributed by atoms with Gasteiger partial charge in [0.25, 0.3) is 0 Å². The van der Waals surface area contributed by atoms with Gasteiger partial charge < -0.3 is 10.1 Å². The molecule has 1 aromatic rings. The second-order valence-electron chi connectivity index (χ2n) is 5.38. The third-order valence-corrected chi connectivity index (χ3v) is 3.75. The quantitative estimate of drug-likeness (QED) is 0.877. The smallest absolute Gasteiger partial charge is 0.159 e. The topological polar surface area (TPSA) is 21.3 Å². The molecule has 0 aliphatic carbocycles. The molecule has 1 N–H and O–H groups in total. The predicted octanol–water partition coefficient (Wildman–Crippen LogP) is 3.04. The van der Waals surface area contributed by atoms with E-state index in [0.717, 1.165) is 12.6 Å². The average molecular weight is 255 g/mol. The molecule has 2 atom stereocenters. The number of benzene rings is 1. The van der Waals surface area contributed by atoms with Crippen LogP contribution in [0, 0.1) is 17.6 Å². The van der Waals surface area contributed by atoms with E-state index in [1.807, 2.05) is 6.92 Å². The summed E-state index contributed by atoms with van der Waals surface area (Å²) in [6.45, 7) is 7.61. The Morgan fingerprint density at radius 1 is 1.33 bits per heavy atom. The molecule has 0 saturated carbocycles. The Labute approximate surface area is 106 Å². The first-order valence-electron chi connectivity index (χ1n) is 6.26. The van der Waals surface area contributed by atoms with Crippen molar-refractivity contribution < 1.29 is 13.5 Å². The molecule has 1 fully saturated rings. The summed E-state index contributed by atoms with van der Waals surface area (Å²) in [7, 11) is 0. The lowest BCUT2D eigenvalue weighted by Crippen LogP contribution is -2.52. The van der Waals surface area contributed by atoms with E-state index in [1.165, 1.54) is 6.07 Å². The van der Waals surface area contributed by atoms with Crippen molar-refractivity contribution in [3.63, 3.8) is 0 Å². The molecule has 1 aromatic carbocycles. The highest BCUT2D eigenvalue weighted by atomic mass is 19.2. The molecule has 1 aliphatic heterocycles. The molecule has 0 spiro atoms. The lowest BCUT2D eigenvalue weighted by Gasteiger charge is -2.42. The van der Waals surface area contributed by atoms with Crippen LogP contribution < -0.4 is 5.32 Å². The van der Waals surface area contributed by atoms with Crippen LogP contribution in [0.5, 0.6) is 0 Å². The minimum absolute atomic E-state index is 0.235. The Balaban J connectivity index is 2.20. The zero-order valence-electron chi connectivity index (χ0n) is 11.0. The summed E-state index contributed by atoms with van der Waals surface area (Å²) in [4.78, 5) is 0. The summed E-state index contributed by atoms with van der Waals surface area (Å²) in [5.41, 5.74) is 0.390. The first kappa shape index (κ1) is 13.4. The van der Waals surface area contributed by atoms with Gasteiger partial charge in [-0.2, -0.15) is 0 Å². The molecule has 4 heteroatoms. The van der Waals surface area contributed by atoms with Crippen molar-refractivity contribution in [2.75, 3.05) is 13.1 Å². The fourth-order valence-electron chi connectivity index (χ4n) is 2.10. The molecule has 0 bridgehead atoms. The Kier molecular flexibility index (Phi) is 3.69. The molecule has 0 radical (unpaired) electrons. The Morgan fingerprint density at radius 3 is 2.67 bits per heavy atom. The van der Waals surface area contributed by atoms with Crippen molar-refractivity contribution in [1.29, 1.82) is 0 Å². The first-order valence-corrected chi connectivity index (χ1v) is 6.26. The molecule has 2 rings (SSSR count). The van der Waals surface area contributed by atoms with Crippen LogP contribution in [0.2, 0.25) is 0 Å². The minimum atomic E-state index is -0.826. The van der Waals surface area contributed by atoms with Crippen LogP contribution in [-0.2, 0) is 4.74 Å². The van der Waals surface area contributed by atoms with Crippen LogP contribution in [-0.4, -0.2) is 18.7 Å². The van der Waals surface area contributed by atoms with Gasteiger partial charge in [0.05, 0.1) is 11.7 Å². The van der Waals surface area contributed by atoms with Gasteiger partial charge in [0.15, 0.2) is 11.6 Å². The number of ether oxygens (including phenoxy) is 1. The van der Waals surface area contributed by atoms with Gasteiger partial charge in [-0.1, -0.05) is 19.9 Å². The molecule has 1 aliphatic rings. The Morgan fingerprint density at radius 2 is 2.06 bits per heavy atom. The third-order valence-electron chi connectivity index (χ3n) is 3.75. The molecule has 1 saturated heterocycles. The maximum absolute atomic E-state index is 13.2. The van der Waals surface area contributed by atoms with Crippen LogP contribution in [0.1, 0.15) is 32.4 Å². The van der Waals surface area contributed by atoms with Crippen LogP contribution in [0.15, 0.2) is 18.2 Å². The van der Waals surface area contributed by atoms with E-state index in [0.29, 0.717) is 18.0 Å². The number of hydrogen-bond acceptors (Lipinski definition) is 2. The molecular formula is C14H19F2NO. The molecule has 0 amide bonds. The highest BCUT2D eigenvalue weighted by Gasteiger charge is 2.36. The number of morpholine rings is 1. The largest absolute Gasteiger partial charge is 0.364 e. The molecule has 18 heavy (non-hydrogen) atoms. The maximum Gasteiger partial charge on any atom is 0.159 e. The van der Waals surface area contributed by atoms with Crippen molar-refractivity contribution >= 4 is 0 Å². The third kappa shape index (κ3) is 2.54. The summed E-state index contributed by atoms with van der Waals surface area (Å²) in [5.74, 6) is -1.31. The average Bonchev–Trinajstić information content (AvgIpc) is 2.32. The van der Waals surface area contributed by atoms with Crippen LogP contribution in [0.4, 0.5) is 8.78 Å². The zero-order chi connectivity index (χ0) is 13.3. The van der Waals surface area contributed by atoms with Crippen LogP contribution in [0.3, 0.4) is 0 Å². The standard InChI is InChI=1S/C14H19F2NO/c1-9(2)14(3)8-17-7-13(18-14)10-4-5-11(15)12(16)6-10/h4-6,9,13,17H,7-8H2,1-3H3. The lowest BCUT2D eigenvalue weighted by molar-refractivity contribution is -0.132. The van der Waals surface area contributed by atoms with Gasteiger partial charge >= 0.3 is 0 Å². The van der Waals surface area contributed by atoms with Crippen molar-refractivity contribution in [3.05, 3.63) is 35.4 Å². The normalized spacial score (nSPS) is 28.7. The highest BCUT2D eigenvalue weighted by Crippen LogP contribution is 2.32. The van der Waals surface area contributed by atoms with Crippen molar-refractivity contribution in [3.8, 4) is 0 Å². The monoisotopic (exact) mass is 255 g/mol. The first-order chi connectivity index (χ1) is 8.42.